The van der Waals surface area contributed by atoms with Gasteiger partial charge in [-0.2, -0.15) is 4.98 Å². The molecule has 1 heterocycles. The van der Waals surface area contributed by atoms with Crippen LogP contribution in [0.15, 0.2) is 28.8 Å². The van der Waals surface area contributed by atoms with Gasteiger partial charge in [0.15, 0.2) is 5.82 Å². The van der Waals surface area contributed by atoms with E-state index >= 15 is 0 Å². The molecule has 5 heteroatoms. The minimum atomic E-state index is -0.242. The van der Waals surface area contributed by atoms with Crippen molar-refractivity contribution in [2.75, 3.05) is 5.32 Å². The van der Waals surface area contributed by atoms with E-state index in [-0.39, 0.29) is 5.82 Å². The molecule has 0 radical (unpaired) electrons. The third kappa shape index (κ3) is 2.43. The predicted molar refractivity (Wildman–Crippen MR) is 60.1 cm³/mol. The van der Waals surface area contributed by atoms with Gasteiger partial charge in [-0.3, -0.25) is 0 Å². The molecule has 1 aliphatic rings. The molecule has 88 valence electrons. The third-order valence-corrected chi connectivity index (χ3v) is 2.68. The molecule has 1 aliphatic carbocycles. The molecule has 0 aliphatic heterocycles. The van der Waals surface area contributed by atoms with Crippen molar-refractivity contribution in [3.05, 3.63) is 41.5 Å². The summed E-state index contributed by atoms with van der Waals surface area (Å²) in [6.07, 6.45) is 2.64. The van der Waals surface area contributed by atoms with Crippen LogP contribution in [0.3, 0.4) is 0 Å². The average molecular weight is 233 g/mol. The molecule has 1 aromatic heterocycles. The Bertz CT molecular complexity index is 522. The van der Waals surface area contributed by atoms with E-state index in [0.29, 0.717) is 29.9 Å². The molecule has 1 fully saturated rings. The van der Waals surface area contributed by atoms with Gasteiger partial charge in [0.1, 0.15) is 5.82 Å². The molecule has 4 nitrogen and oxygen atoms in total. The van der Waals surface area contributed by atoms with E-state index in [9.17, 15) is 4.39 Å². The molecule has 0 amide bonds. The Hall–Kier alpha value is -1.91. The lowest BCUT2D eigenvalue weighted by Crippen LogP contribution is -2.01. The molecule has 0 atom stereocenters. The van der Waals surface area contributed by atoms with Crippen LogP contribution in [0.4, 0.5) is 10.4 Å². The molecule has 0 saturated heterocycles. The number of nitrogens with zero attached hydrogens (tertiary/aromatic N) is 2. The van der Waals surface area contributed by atoms with Gasteiger partial charge in [0.2, 0.25) is 0 Å². The fourth-order valence-electron chi connectivity index (χ4n) is 1.60. The molecule has 2 aromatic rings. The topological polar surface area (TPSA) is 51.0 Å². The number of hydrogen-bond donors (Lipinski definition) is 1. The maximum absolute atomic E-state index is 13.4. The van der Waals surface area contributed by atoms with Gasteiger partial charge in [-0.1, -0.05) is 23.4 Å². The van der Waals surface area contributed by atoms with Gasteiger partial charge in [-0.15, -0.1) is 0 Å². The Morgan fingerprint density at radius 2 is 2.18 bits per heavy atom. The fraction of sp³-hybridized carbons (Fsp3) is 0.333. The Morgan fingerprint density at radius 1 is 1.35 bits per heavy atom. The molecule has 0 unspecified atom stereocenters. The lowest BCUT2D eigenvalue weighted by Gasteiger charge is -1.97. The van der Waals surface area contributed by atoms with Crippen LogP contribution in [-0.2, 0) is 6.42 Å². The average Bonchev–Trinajstić information content (AvgIpc) is 3.02. The quantitative estimate of drug-likeness (QED) is 0.880. The van der Waals surface area contributed by atoms with Crippen LogP contribution in [0, 0.1) is 5.82 Å². The number of hydrogen-bond acceptors (Lipinski definition) is 4. The van der Waals surface area contributed by atoms with Crippen molar-refractivity contribution in [3.63, 3.8) is 0 Å². The van der Waals surface area contributed by atoms with Gasteiger partial charge in [-0.05, 0) is 24.5 Å². The summed E-state index contributed by atoms with van der Waals surface area (Å²) in [4.78, 5) is 4.17. The maximum Gasteiger partial charge on any atom is 0.321 e. The van der Waals surface area contributed by atoms with E-state index in [1.54, 1.807) is 18.2 Å². The number of aromatic nitrogens is 2. The largest absolute Gasteiger partial charge is 0.335 e. The highest BCUT2D eigenvalue weighted by molar-refractivity contribution is 5.26. The van der Waals surface area contributed by atoms with Crippen molar-refractivity contribution >= 4 is 6.01 Å². The molecule has 3 rings (SSSR count). The summed E-state index contributed by atoms with van der Waals surface area (Å²) in [6, 6.07) is 7.51. The minimum Gasteiger partial charge on any atom is -0.335 e. The lowest BCUT2D eigenvalue weighted by atomic mass is 10.1. The predicted octanol–water partition coefficient (Wildman–Crippen LogP) is 2.37. The summed E-state index contributed by atoms with van der Waals surface area (Å²) >= 11 is 0. The monoisotopic (exact) mass is 233 g/mol. The van der Waals surface area contributed by atoms with Gasteiger partial charge >= 0.3 is 6.01 Å². The summed E-state index contributed by atoms with van der Waals surface area (Å²) in [5.74, 6) is 0.257. The normalized spacial score (nSPS) is 14.9. The van der Waals surface area contributed by atoms with E-state index in [1.165, 1.54) is 6.07 Å². The first-order valence-electron chi connectivity index (χ1n) is 5.64. The second-order valence-corrected chi connectivity index (χ2v) is 4.20. The van der Waals surface area contributed by atoms with Gasteiger partial charge in [0.25, 0.3) is 0 Å². The van der Waals surface area contributed by atoms with E-state index in [2.05, 4.69) is 15.5 Å². The minimum absolute atomic E-state index is 0.242. The highest BCUT2D eigenvalue weighted by Gasteiger charge is 2.23. The maximum atomic E-state index is 13.4. The molecule has 0 spiro atoms. The van der Waals surface area contributed by atoms with E-state index in [4.69, 9.17) is 4.52 Å². The Labute approximate surface area is 97.8 Å². The van der Waals surface area contributed by atoms with Gasteiger partial charge in [0.05, 0.1) is 0 Å². The SMILES string of the molecule is Fc1ccccc1Cc1noc(NC2CC2)n1. The molecular weight excluding hydrogens is 221 g/mol. The van der Waals surface area contributed by atoms with Crippen molar-refractivity contribution in [1.82, 2.24) is 10.1 Å². The Kier molecular flexibility index (Phi) is 2.51. The number of rotatable bonds is 4. The van der Waals surface area contributed by atoms with E-state index in [1.807, 2.05) is 0 Å². The molecule has 17 heavy (non-hydrogen) atoms. The summed E-state index contributed by atoms with van der Waals surface area (Å²) in [5, 5.41) is 6.92. The molecule has 1 N–H and O–H groups in total. The molecule has 1 aromatic carbocycles. The standard InChI is InChI=1S/C12H12FN3O/c13-10-4-2-1-3-8(10)7-11-15-12(17-16-11)14-9-5-6-9/h1-4,9H,5-7H2,(H,14,15,16). The third-order valence-electron chi connectivity index (χ3n) is 2.68. The van der Waals surface area contributed by atoms with Gasteiger partial charge in [-0.25, -0.2) is 4.39 Å². The molecule has 0 bridgehead atoms. The zero-order chi connectivity index (χ0) is 11.7. The second kappa shape index (κ2) is 4.16. The van der Waals surface area contributed by atoms with Crippen LogP contribution in [0.2, 0.25) is 0 Å². The smallest absolute Gasteiger partial charge is 0.321 e. The van der Waals surface area contributed by atoms with Crippen LogP contribution in [0.25, 0.3) is 0 Å². The van der Waals surface area contributed by atoms with E-state index < -0.39 is 0 Å². The number of anilines is 1. The first-order chi connectivity index (χ1) is 8.31. The van der Waals surface area contributed by atoms with Crippen LogP contribution >= 0.6 is 0 Å². The number of nitrogens with one attached hydrogen (secondary N) is 1. The first kappa shape index (κ1) is 10.3. The first-order valence-corrected chi connectivity index (χ1v) is 5.64. The van der Waals surface area contributed by atoms with E-state index in [0.717, 1.165) is 12.8 Å². The highest BCUT2D eigenvalue weighted by Crippen LogP contribution is 2.23. The second-order valence-electron chi connectivity index (χ2n) is 4.20. The van der Waals surface area contributed by atoms with Crippen molar-refractivity contribution in [3.8, 4) is 0 Å². The van der Waals surface area contributed by atoms with Gasteiger partial charge in [0, 0.05) is 12.5 Å². The van der Waals surface area contributed by atoms with Crippen molar-refractivity contribution in [2.24, 2.45) is 0 Å². The molecular formula is C12H12FN3O. The summed E-state index contributed by atoms with van der Waals surface area (Å²) in [5.41, 5.74) is 0.575. The lowest BCUT2D eigenvalue weighted by molar-refractivity contribution is 0.423. The zero-order valence-corrected chi connectivity index (χ0v) is 9.19. The summed E-state index contributed by atoms with van der Waals surface area (Å²) in [6.45, 7) is 0. The Balaban J connectivity index is 1.72. The van der Waals surface area contributed by atoms with Crippen LogP contribution < -0.4 is 5.32 Å². The number of benzene rings is 1. The highest BCUT2D eigenvalue weighted by atomic mass is 19.1. The number of halogens is 1. The fourth-order valence-corrected chi connectivity index (χ4v) is 1.60. The van der Waals surface area contributed by atoms with Crippen molar-refractivity contribution < 1.29 is 8.91 Å². The summed E-state index contributed by atoms with van der Waals surface area (Å²) in [7, 11) is 0. The van der Waals surface area contributed by atoms with Crippen molar-refractivity contribution in [2.45, 2.75) is 25.3 Å². The van der Waals surface area contributed by atoms with Crippen molar-refractivity contribution in [1.29, 1.82) is 0 Å². The van der Waals surface area contributed by atoms with Crippen LogP contribution in [0.5, 0.6) is 0 Å². The van der Waals surface area contributed by atoms with Gasteiger partial charge < -0.3 is 9.84 Å². The Morgan fingerprint density at radius 3 is 2.94 bits per heavy atom. The zero-order valence-electron chi connectivity index (χ0n) is 9.19. The van der Waals surface area contributed by atoms with Crippen LogP contribution in [-0.4, -0.2) is 16.2 Å². The molecule has 1 saturated carbocycles. The van der Waals surface area contributed by atoms with Crippen LogP contribution in [0.1, 0.15) is 24.2 Å². The summed E-state index contributed by atoms with van der Waals surface area (Å²) < 4.78 is 18.4.